The third-order valence-electron chi connectivity index (χ3n) is 5.71. The first-order chi connectivity index (χ1) is 14.2. The first-order valence-electron chi connectivity index (χ1n) is 9.89. The Hall–Kier alpha value is -1.78. The van der Waals surface area contributed by atoms with Crippen LogP contribution in [0.2, 0.25) is 0 Å². The average Bonchev–Trinajstić information content (AvgIpc) is 3.29. The second-order valence-electron chi connectivity index (χ2n) is 7.82. The summed E-state index contributed by atoms with van der Waals surface area (Å²) in [5.41, 5.74) is -0.330. The minimum Gasteiger partial charge on any atom is -0.379 e. The van der Waals surface area contributed by atoms with E-state index in [1.165, 1.54) is 0 Å². The fourth-order valence-corrected chi connectivity index (χ4v) is 4.48. The van der Waals surface area contributed by atoms with Crippen LogP contribution in [0.15, 0.2) is 29.2 Å². The number of alkyl halides is 3. The summed E-state index contributed by atoms with van der Waals surface area (Å²) in [6.45, 7) is 2.75. The molecule has 1 saturated heterocycles. The SMILES string of the molecule is COC(C1CCCN1)C(C)C(=O)NSc1ccc(C2(NC(=O)C(F)(F)F)CC2)cc1. The number of nitrogens with one attached hydrogen (secondary N) is 3. The number of amides is 2. The van der Waals surface area contributed by atoms with Crippen LogP contribution in [0.4, 0.5) is 13.2 Å². The molecular formula is C20H26F3N3O3S. The van der Waals surface area contributed by atoms with Gasteiger partial charge in [-0.1, -0.05) is 19.1 Å². The van der Waals surface area contributed by atoms with Crippen molar-refractivity contribution in [1.29, 1.82) is 0 Å². The van der Waals surface area contributed by atoms with Crippen LogP contribution in [-0.4, -0.2) is 43.8 Å². The van der Waals surface area contributed by atoms with Crippen LogP contribution in [0, 0.1) is 5.92 Å². The Labute approximate surface area is 177 Å². The van der Waals surface area contributed by atoms with Crippen molar-refractivity contribution >= 4 is 23.8 Å². The van der Waals surface area contributed by atoms with Crippen molar-refractivity contribution in [2.75, 3.05) is 13.7 Å². The molecule has 166 valence electrons. The first-order valence-corrected chi connectivity index (χ1v) is 10.7. The van der Waals surface area contributed by atoms with Crippen molar-refractivity contribution in [3.63, 3.8) is 0 Å². The van der Waals surface area contributed by atoms with Crippen molar-refractivity contribution in [2.24, 2.45) is 5.92 Å². The number of benzene rings is 1. The molecule has 3 rings (SSSR count). The van der Waals surface area contributed by atoms with E-state index < -0.39 is 17.6 Å². The molecule has 1 aliphatic carbocycles. The highest BCUT2D eigenvalue weighted by Gasteiger charge is 2.50. The Kier molecular flexibility index (Phi) is 6.98. The van der Waals surface area contributed by atoms with Crippen LogP contribution in [0.1, 0.15) is 38.2 Å². The third-order valence-corrected chi connectivity index (χ3v) is 6.52. The molecule has 30 heavy (non-hydrogen) atoms. The summed E-state index contributed by atoms with van der Waals surface area (Å²) in [7, 11) is 1.60. The van der Waals surface area contributed by atoms with Crippen molar-refractivity contribution in [2.45, 2.75) is 61.4 Å². The molecule has 3 atom stereocenters. The van der Waals surface area contributed by atoms with E-state index in [0.717, 1.165) is 36.2 Å². The molecule has 0 bridgehead atoms. The van der Waals surface area contributed by atoms with Gasteiger partial charge in [0.1, 0.15) is 0 Å². The Bertz CT molecular complexity index is 763. The van der Waals surface area contributed by atoms with Gasteiger partial charge in [-0.2, -0.15) is 13.2 Å². The highest BCUT2D eigenvalue weighted by molar-refractivity contribution is 7.98. The molecule has 1 aliphatic heterocycles. The molecule has 10 heteroatoms. The number of hydrogen-bond donors (Lipinski definition) is 3. The first kappa shape index (κ1) is 22.9. The van der Waals surface area contributed by atoms with E-state index in [0.29, 0.717) is 18.4 Å². The van der Waals surface area contributed by atoms with Gasteiger partial charge < -0.3 is 15.4 Å². The second kappa shape index (κ2) is 9.15. The Morgan fingerprint density at radius 2 is 1.93 bits per heavy atom. The van der Waals surface area contributed by atoms with Gasteiger partial charge in [-0.25, -0.2) is 0 Å². The molecule has 0 spiro atoms. The van der Waals surface area contributed by atoms with Gasteiger partial charge in [0.15, 0.2) is 0 Å². The van der Waals surface area contributed by atoms with Gasteiger partial charge in [0.05, 0.1) is 17.6 Å². The van der Waals surface area contributed by atoms with E-state index in [4.69, 9.17) is 4.74 Å². The van der Waals surface area contributed by atoms with Crippen molar-refractivity contribution in [3.05, 3.63) is 29.8 Å². The van der Waals surface area contributed by atoms with E-state index in [9.17, 15) is 22.8 Å². The summed E-state index contributed by atoms with van der Waals surface area (Å²) < 4.78 is 46.0. The number of ether oxygens (including phenoxy) is 1. The van der Waals surface area contributed by atoms with Crippen molar-refractivity contribution in [3.8, 4) is 0 Å². The lowest BCUT2D eigenvalue weighted by molar-refractivity contribution is -0.174. The van der Waals surface area contributed by atoms with Gasteiger partial charge in [0, 0.05) is 18.0 Å². The van der Waals surface area contributed by atoms with E-state index in [-0.39, 0.29) is 24.0 Å². The minimum absolute atomic E-state index is 0.152. The normalized spacial score (nSPS) is 22.2. The van der Waals surface area contributed by atoms with E-state index in [2.05, 4.69) is 15.4 Å². The van der Waals surface area contributed by atoms with Gasteiger partial charge in [-0.15, -0.1) is 0 Å². The van der Waals surface area contributed by atoms with Crippen molar-refractivity contribution < 1.29 is 27.5 Å². The molecule has 0 radical (unpaired) electrons. The lowest BCUT2D eigenvalue weighted by Crippen LogP contribution is -2.45. The van der Waals surface area contributed by atoms with Crippen LogP contribution in [-0.2, 0) is 19.9 Å². The highest BCUT2D eigenvalue weighted by atomic mass is 32.2. The molecule has 2 aliphatic rings. The van der Waals surface area contributed by atoms with Gasteiger partial charge in [-0.3, -0.25) is 14.3 Å². The molecule has 1 aromatic carbocycles. The lowest BCUT2D eigenvalue weighted by Gasteiger charge is -2.27. The van der Waals surface area contributed by atoms with Crippen LogP contribution in [0.25, 0.3) is 0 Å². The molecule has 2 fully saturated rings. The summed E-state index contributed by atoms with van der Waals surface area (Å²) in [6.07, 6.45) is -2.17. The van der Waals surface area contributed by atoms with E-state index in [1.807, 2.05) is 6.92 Å². The average molecular weight is 446 g/mol. The summed E-state index contributed by atoms with van der Waals surface area (Å²) in [5.74, 6) is -2.42. The van der Waals surface area contributed by atoms with Gasteiger partial charge in [0.25, 0.3) is 0 Å². The van der Waals surface area contributed by atoms with Gasteiger partial charge in [-0.05, 0) is 61.9 Å². The molecule has 3 unspecified atom stereocenters. The van der Waals surface area contributed by atoms with E-state index >= 15 is 0 Å². The zero-order chi connectivity index (χ0) is 21.9. The second-order valence-corrected chi connectivity index (χ2v) is 8.70. The molecule has 1 aromatic rings. The predicted molar refractivity (Wildman–Crippen MR) is 107 cm³/mol. The van der Waals surface area contributed by atoms with Crippen molar-refractivity contribution in [1.82, 2.24) is 15.4 Å². The molecule has 3 N–H and O–H groups in total. The van der Waals surface area contributed by atoms with Crippen LogP contribution < -0.4 is 15.4 Å². The smallest absolute Gasteiger partial charge is 0.379 e. The fourth-order valence-electron chi connectivity index (χ4n) is 3.80. The largest absolute Gasteiger partial charge is 0.471 e. The topological polar surface area (TPSA) is 79.5 Å². The summed E-state index contributed by atoms with van der Waals surface area (Å²) in [5, 5.41) is 5.45. The zero-order valence-electron chi connectivity index (χ0n) is 16.8. The van der Waals surface area contributed by atoms with Crippen LogP contribution >= 0.6 is 11.9 Å². The summed E-state index contributed by atoms with van der Waals surface area (Å²) in [4.78, 5) is 24.5. The predicted octanol–water partition coefficient (Wildman–Crippen LogP) is 2.88. The third kappa shape index (κ3) is 5.28. The van der Waals surface area contributed by atoms with Crippen LogP contribution in [0.5, 0.6) is 0 Å². The molecule has 0 aromatic heterocycles. The Morgan fingerprint density at radius 1 is 1.27 bits per heavy atom. The Balaban J connectivity index is 1.54. The van der Waals surface area contributed by atoms with E-state index in [1.54, 1.807) is 31.4 Å². The highest BCUT2D eigenvalue weighted by Crippen LogP contribution is 2.46. The number of carbonyl (C=O) groups excluding carboxylic acids is 2. The zero-order valence-corrected chi connectivity index (χ0v) is 17.7. The summed E-state index contributed by atoms with van der Waals surface area (Å²) in [6, 6.07) is 6.96. The lowest BCUT2D eigenvalue weighted by atomic mass is 9.96. The maximum absolute atomic E-state index is 12.5. The maximum atomic E-state index is 12.5. The maximum Gasteiger partial charge on any atom is 0.471 e. The fraction of sp³-hybridized carbons (Fsp3) is 0.600. The van der Waals surface area contributed by atoms with Gasteiger partial charge in [0.2, 0.25) is 5.91 Å². The number of carbonyl (C=O) groups is 2. The monoisotopic (exact) mass is 445 g/mol. The Morgan fingerprint density at radius 3 is 2.43 bits per heavy atom. The molecule has 2 amide bonds. The molecule has 1 heterocycles. The quantitative estimate of drug-likeness (QED) is 0.537. The van der Waals surface area contributed by atoms with Crippen LogP contribution in [0.3, 0.4) is 0 Å². The van der Waals surface area contributed by atoms with Gasteiger partial charge >= 0.3 is 12.1 Å². The minimum atomic E-state index is -4.90. The number of hydrogen-bond acceptors (Lipinski definition) is 5. The number of rotatable bonds is 8. The molecule has 6 nitrogen and oxygen atoms in total. The molecular weight excluding hydrogens is 419 g/mol. The number of methoxy groups -OCH3 is 1. The standard InChI is InChI=1S/C20H26F3N3O3S/c1-12(16(29-2)15-4-3-11-24-15)17(27)26-30-14-7-5-13(6-8-14)19(9-10-19)25-18(28)20(21,22)23/h5-8,12,15-16,24H,3-4,9-11H2,1-2H3,(H,25,28)(H,26,27). The summed E-state index contributed by atoms with van der Waals surface area (Å²) >= 11 is 1.14. The number of halogens is 3. The molecule has 1 saturated carbocycles.